The predicted molar refractivity (Wildman–Crippen MR) is 124 cm³/mol. The monoisotopic (exact) mass is 489 g/mol. The third-order valence-corrected chi connectivity index (χ3v) is 5.11. The molecule has 1 aromatic carbocycles. The van der Waals surface area contributed by atoms with Crippen LogP contribution in [-0.4, -0.2) is 45.9 Å². The van der Waals surface area contributed by atoms with Gasteiger partial charge in [-0.2, -0.15) is 0 Å². The molecule has 0 aromatic heterocycles. The molecule has 1 saturated heterocycles. The summed E-state index contributed by atoms with van der Waals surface area (Å²) in [7, 11) is 1.70. The Morgan fingerprint density at radius 1 is 1.11 bits per heavy atom. The van der Waals surface area contributed by atoms with E-state index in [0.717, 1.165) is 57.4 Å². The van der Waals surface area contributed by atoms with Crippen molar-refractivity contribution in [3.05, 3.63) is 29.8 Å². The number of unbranched alkanes of at least 4 members (excludes halogenated alkanes) is 2. The first-order valence-electron chi connectivity index (χ1n) is 9.98. The molecule has 2 rings (SSSR count). The number of rotatable bonds is 9. The summed E-state index contributed by atoms with van der Waals surface area (Å²) >= 11 is 0. The van der Waals surface area contributed by atoms with E-state index in [1.165, 1.54) is 24.8 Å². The second kappa shape index (κ2) is 13.2. The third-order valence-electron chi connectivity index (χ3n) is 5.11. The lowest BCUT2D eigenvalue weighted by Crippen LogP contribution is -2.41. The van der Waals surface area contributed by atoms with Crippen LogP contribution in [0, 0.1) is 0 Å². The molecule has 0 atom stereocenters. The van der Waals surface area contributed by atoms with Crippen LogP contribution in [0.5, 0.6) is 5.75 Å². The first kappa shape index (κ1) is 24.0. The molecule has 0 radical (unpaired) electrons. The fraction of sp³-hybridized carbons (Fsp3) is 0.667. The van der Waals surface area contributed by atoms with Crippen LogP contribution in [0.1, 0.15) is 51.5 Å². The van der Waals surface area contributed by atoms with Crippen LogP contribution in [0.3, 0.4) is 0 Å². The molecule has 2 N–H and O–H groups in total. The predicted octanol–water partition coefficient (Wildman–Crippen LogP) is 4.11. The summed E-state index contributed by atoms with van der Waals surface area (Å²) in [6, 6.07) is 8.46. The van der Waals surface area contributed by atoms with Gasteiger partial charge in [-0.05, 0) is 43.9 Å². The molecule has 6 heteroatoms. The fourth-order valence-corrected chi connectivity index (χ4v) is 3.40. The minimum absolute atomic E-state index is 0. The van der Waals surface area contributed by atoms with E-state index in [0.29, 0.717) is 0 Å². The SMILES string of the molecule is CCCCCNC(=NCC1(c2ccc(OC)cc2)CCOCC1)NCC.I. The van der Waals surface area contributed by atoms with Crippen molar-refractivity contribution >= 4 is 29.9 Å². The lowest BCUT2D eigenvalue weighted by molar-refractivity contribution is 0.0531. The Bertz CT molecular complexity index is 543. The van der Waals surface area contributed by atoms with E-state index in [1.807, 2.05) is 12.1 Å². The number of halogens is 1. The van der Waals surface area contributed by atoms with E-state index in [4.69, 9.17) is 14.5 Å². The first-order valence-corrected chi connectivity index (χ1v) is 9.98. The highest BCUT2D eigenvalue weighted by Gasteiger charge is 2.34. The molecule has 1 fully saturated rings. The molecule has 27 heavy (non-hydrogen) atoms. The first-order chi connectivity index (χ1) is 12.7. The summed E-state index contributed by atoms with van der Waals surface area (Å²) in [6.45, 7) is 8.53. The molecule has 1 aromatic rings. The minimum atomic E-state index is 0. The highest BCUT2D eigenvalue weighted by Crippen LogP contribution is 2.36. The molecule has 5 nitrogen and oxygen atoms in total. The highest BCUT2D eigenvalue weighted by atomic mass is 127. The Kier molecular flexibility index (Phi) is 11.7. The van der Waals surface area contributed by atoms with Gasteiger partial charge in [-0.3, -0.25) is 4.99 Å². The number of guanidine groups is 1. The second-order valence-electron chi connectivity index (χ2n) is 6.95. The van der Waals surface area contributed by atoms with Crippen molar-refractivity contribution in [1.82, 2.24) is 10.6 Å². The van der Waals surface area contributed by atoms with E-state index in [2.05, 4.69) is 36.6 Å². The van der Waals surface area contributed by atoms with Gasteiger partial charge in [0.05, 0.1) is 13.7 Å². The Morgan fingerprint density at radius 3 is 2.41 bits per heavy atom. The number of aliphatic imine (C=N–C) groups is 1. The quantitative estimate of drug-likeness (QED) is 0.237. The molecule has 0 unspecified atom stereocenters. The zero-order valence-electron chi connectivity index (χ0n) is 17.1. The maximum Gasteiger partial charge on any atom is 0.191 e. The summed E-state index contributed by atoms with van der Waals surface area (Å²) in [5.74, 6) is 1.81. The van der Waals surface area contributed by atoms with Crippen molar-refractivity contribution in [1.29, 1.82) is 0 Å². The summed E-state index contributed by atoms with van der Waals surface area (Å²) in [4.78, 5) is 4.93. The molecular weight excluding hydrogens is 453 g/mol. The van der Waals surface area contributed by atoms with Crippen LogP contribution < -0.4 is 15.4 Å². The third kappa shape index (κ3) is 7.49. The number of methoxy groups -OCH3 is 1. The molecule has 0 aliphatic carbocycles. The lowest BCUT2D eigenvalue weighted by atomic mass is 9.74. The zero-order chi connectivity index (χ0) is 18.7. The van der Waals surface area contributed by atoms with Crippen LogP contribution in [-0.2, 0) is 10.2 Å². The molecule has 0 amide bonds. The Labute approximate surface area is 181 Å². The van der Waals surface area contributed by atoms with Gasteiger partial charge in [0, 0.05) is 31.7 Å². The highest BCUT2D eigenvalue weighted by molar-refractivity contribution is 14.0. The van der Waals surface area contributed by atoms with Gasteiger partial charge in [-0.1, -0.05) is 31.9 Å². The molecule has 1 aliphatic rings. The van der Waals surface area contributed by atoms with Gasteiger partial charge in [0.1, 0.15) is 5.75 Å². The number of hydrogen-bond acceptors (Lipinski definition) is 3. The van der Waals surface area contributed by atoms with Crippen LogP contribution in [0.15, 0.2) is 29.3 Å². The minimum Gasteiger partial charge on any atom is -0.497 e. The van der Waals surface area contributed by atoms with Crippen molar-refractivity contribution < 1.29 is 9.47 Å². The van der Waals surface area contributed by atoms with Crippen LogP contribution in [0.4, 0.5) is 0 Å². The van der Waals surface area contributed by atoms with Gasteiger partial charge in [0.15, 0.2) is 5.96 Å². The number of hydrogen-bond donors (Lipinski definition) is 2. The molecule has 0 bridgehead atoms. The fourth-order valence-electron chi connectivity index (χ4n) is 3.40. The molecule has 1 heterocycles. The van der Waals surface area contributed by atoms with E-state index in [-0.39, 0.29) is 29.4 Å². The molecule has 0 spiro atoms. The lowest BCUT2D eigenvalue weighted by Gasteiger charge is -2.36. The second-order valence-corrected chi connectivity index (χ2v) is 6.95. The Hall–Kier alpha value is -1.02. The Balaban J connectivity index is 0.00000364. The van der Waals surface area contributed by atoms with E-state index in [1.54, 1.807) is 7.11 Å². The summed E-state index contributed by atoms with van der Waals surface area (Å²) in [5, 5.41) is 6.84. The van der Waals surface area contributed by atoms with Gasteiger partial charge in [0.25, 0.3) is 0 Å². The summed E-state index contributed by atoms with van der Waals surface area (Å²) < 4.78 is 10.9. The molecule has 1 aliphatic heterocycles. The average molecular weight is 489 g/mol. The van der Waals surface area contributed by atoms with Crippen LogP contribution in [0.25, 0.3) is 0 Å². The van der Waals surface area contributed by atoms with Gasteiger partial charge < -0.3 is 20.1 Å². The maximum atomic E-state index is 5.63. The zero-order valence-corrected chi connectivity index (χ0v) is 19.4. The average Bonchev–Trinajstić information content (AvgIpc) is 2.70. The van der Waals surface area contributed by atoms with Crippen LogP contribution >= 0.6 is 24.0 Å². The molecular formula is C21H36IN3O2. The summed E-state index contributed by atoms with van der Waals surface area (Å²) in [6.07, 6.45) is 5.66. The van der Waals surface area contributed by atoms with Gasteiger partial charge in [0.2, 0.25) is 0 Å². The van der Waals surface area contributed by atoms with Crippen molar-refractivity contribution in [3.8, 4) is 5.75 Å². The standard InChI is InChI=1S/C21H35N3O2.HI/c1-4-6-7-14-23-20(22-5-2)24-17-21(12-15-26-16-13-21)18-8-10-19(25-3)11-9-18;/h8-11H,4-7,12-17H2,1-3H3,(H2,22,23,24);1H. The van der Waals surface area contributed by atoms with E-state index in [9.17, 15) is 0 Å². The van der Waals surface area contributed by atoms with Gasteiger partial charge in [-0.25, -0.2) is 0 Å². The number of nitrogens with one attached hydrogen (secondary N) is 2. The van der Waals surface area contributed by atoms with Crippen molar-refractivity contribution in [3.63, 3.8) is 0 Å². The Morgan fingerprint density at radius 2 is 1.81 bits per heavy atom. The summed E-state index contributed by atoms with van der Waals surface area (Å²) in [5.41, 5.74) is 1.36. The van der Waals surface area contributed by atoms with Crippen LogP contribution in [0.2, 0.25) is 0 Å². The topological polar surface area (TPSA) is 54.9 Å². The normalized spacial score (nSPS) is 16.3. The molecule has 154 valence electrons. The van der Waals surface area contributed by atoms with Gasteiger partial charge in [-0.15, -0.1) is 24.0 Å². The van der Waals surface area contributed by atoms with Crippen molar-refractivity contribution in [2.24, 2.45) is 4.99 Å². The number of benzene rings is 1. The number of ether oxygens (including phenoxy) is 2. The van der Waals surface area contributed by atoms with E-state index < -0.39 is 0 Å². The van der Waals surface area contributed by atoms with Gasteiger partial charge >= 0.3 is 0 Å². The van der Waals surface area contributed by atoms with E-state index >= 15 is 0 Å². The smallest absolute Gasteiger partial charge is 0.191 e. The molecule has 0 saturated carbocycles. The number of nitrogens with zero attached hydrogens (tertiary/aromatic N) is 1. The largest absolute Gasteiger partial charge is 0.497 e. The maximum absolute atomic E-state index is 5.63. The van der Waals surface area contributed by atoms with Crippen molar-refractivity contribution in [2.75, 3.05) is 40.0 Å². The van der Waals surface area contributed by atoms with Crippen molar-refractivity contribution in [2.45, 2.75) is 51.4 Å².